The first-order valence-corrected chi connectivity index (χ1v) is 6.02. The minimum Gasteiger partial charge on any atom is -0.326 e. The fourth-order valence-corrected chi connectivity index (χ4v) is 2.37. The van der Waals surface area contributed by atoms with Gasteiger partial charge in [0.25, 0.3) is 0 Å². The zero-order valence-corrected chi connectivity index (χ0v) is 9.91. The Kier molecular flexibility index (Phi) is 3.25. The molecule has 4 nitrogen and oxygen atoms in total. The van der Waals surface area contributed by atoms with Crippen molar-refractivity contribution in [3.63, 3.8) is 0 Å². The Balaban J connectivity index is 0.00000120. The minimum absolute atomic E-state index is 0. The van der Waals surface area contributed by atoms with Gasteiger partial charge in [-0.2, -0.15) is 0 Å². The molecule has 1 aliphatic rings. The number of fused-ring (bicyclic) bond motifs is 1. The Hall–Kier alpha value is -2.01. The largest absolute Gasteiger partial charge is 0.326 e. The molecule has 1 amide bonds. The number of benzene rings is 1. The number of carbonyl (C=O) groups is 1. The van der Waals surface area contributed by atoms with E-state index < -0.39 is 0 Å². The van der Waals surface area contributed by atoms with Gasteiger partial charge in [0, 0.05) is 29.8 Å². The van der Waals surface area contributed by atoms with Crippen molar-refractivity contribution in [3.05, 3.63) is 40.3 Å². The molecule has 18 heavy (non-hydrogen) atoms. The van der Waals surface area contributed by atoms with Crippen LogP contribution in [0, 0.1) is 0 Å². The third-order valence-corrected chi connectivity index (χ3v) is 3.22. The van der Waals surface area contributed by atoms with Gasteiger partial charge < -0.3 is 5.32 Å². The van der Waals surface area contributed by atoms with Gasteiger partial charge in [-0.1, -0.05) is 7.43 Å². The summed E-state index contributed by atoms with van der Waals surface area (Å²) in [6.45, 7) is 1.50. The summed E-state index contributed by atoms with van der Waals surface area (Å²) in [5, 5.41) is 5.60. The predicted octanol–water partition coefficient (Wildman–Crippen LogP) is 3.22. The van der Waals surface area contributed by atoms with Crippen molar-refractivity contribution in [2.75, 3.05) is 5.32 Å². The topological polar surface area (TPSA) is 54.4 Å². The van der Waals surface area contributed by atoms with Crippen molar-refractivity contribution < 1.29 is 4.79 Å². The molecule has 0 unspecified atom stereocenters. The highest BCUT2D eigenvalue weighted by Gasteiger charge is 2.22. The zero-order valence-electron chi connectivity index (χ0n) is 9.10. The van der Waals surface area contributed by atoms with E-state index in [1.165, 1.54) is 6.92 Å². The molecule has 1 aromatic heterocycles. The first-order chi connectivity index (χ1) is 8.24. The van der Waals surface area contributed by atoms with Gasteiger partial charge in [-0.3, -0.25) is 4.79 Å². The standard InChI is InChI=1S/C12H9N3OS.CH4/c1-7(16)14-8-2-3-10-9(6-8)11(15-10)12-13-4-5-17-12;/h2-6H,1H3,(H,14,16);1H4. The lowest BCUT2D eigenvalue weighted by Gasteiger charge is -2.17. The highest BCUT2D eigenvalue weighted by molar-refractivity contribution is 7.12. The molecule has 0 aliphatic carbocycles. The Morgan fingerprint density at radius 2 is 2.22 bits per heavy atom. The number of nitrogens with zero attached hydrogens (tertiary/aromatic N) is 2. The van der Waals surface area contributed by atoms with Crippen molar-refractivity contribution >= 4 is 34.3 Å². The summed E-state index contributed by atoms with van der Waals surface area (Å²) in [6.07, 6.45) is 1.76. The molecule has 5 heteroatoms. The Morgan fingerprint density at radius 1 is 1.39 bits per heavy atom. The minimum atomic E-state index is -0.0722. The van der Waals surface area contributed by atoms with Gasteiger partial charge >= 0.3 is 0 Å². The maximum atomic E-state index is 11.0. The highest BCUT2D eigenvalue weighted by atomic mass is 32.1. The van der Waals surface area contributed by atoms with E-state index in [9.17, 15) is 4.79 Å². The van der Waals surface area contributed by atoms with Crippen LogP contribution in [-0.4, -0.2) is 16.6 Å². The van der Waals surface area contributed by atoms with Gasteiger partial charge in [0.1, 0.15) is 10.7 Å². The summed E-state index contributed by atoms with van der Waals surface area (Å²) < 4.78 is 0. The number of rotatable bonds is 2. The summed E-state index contributed by atoms with van der Waals surface area (Å²) in [7, 11) is 0. The molecule has 0 atom stereocenters. The number of aromatic nitrogens is 1. The normalized spacial score (nSPS) is 11.7. The van der Waals surface area contributed by atoms with Crippen LogP contribution in [0.4, 0.5) is 11.4 Å². The molecule has 0 spiro atoms. The molecular weight excluding hydrogens is 246 g/mol. The van der Waals surface area contributed by atoms with Crippen LogP contribution in [0.25, 0.3) is 0 Å². The van der Waals surface area contributed by atoms with Gasteiger partial charge in [-0.05, 0) is 18.2 Å². The second-order valence-electron chi connectivity index (χ2n) is 3.71. The maximum absolute atomic E-state index is 11.0. The van der Waals surface area contributed by atoms with Crippen LogP contribution < -0.4 is 5.32 Å². The van der Waals surface area contributed by atoms with Crippen molar-refractivity contribution in [2.24, 2.45) is 4.99 Å². The first kappa shape index (κ1) is 12.4. The second-order valence-corrected chi connectivity index (χ2v) is 4.61. The van der Waals surface area contributed by atoms with E-state index in [-0.39, 0.29) is 13.3 Å². The molecule has 0 saturated heterocycles. The Bertz CT molecular complexity index is 617. The molecule has 2 aromatic rings. The quantitative estimate of drug-likeness (QED) is 0.768. The average molecular weight is 259 g/mol. The number of hydrogen-bond acceptors (Lipinski definition) is 4. The zero-order chi connectivity index (χ0) is 11.8. The Morgan fingerprint density at radius 3 is 2.89 bits per heavy atom. The van der Waals surface area contributed by atoms with Crippen LogP contribution in [0.2, 0.25) is 0 Å². The third kappa shape index (κ3) is 2.04. The SMILES string of the molecule is C.CC(=O)Nc1ccc2c(c1)C(c1nccs1)=N2. The fourth-order valence-electron chi connectivity index (χ4n) is 1.74. The van der Waals surface area contributed by atoms with E-state index in [0.717, 1.165) is 27.7 Å². The highest BCUT2D eigenvalue weighted by Crippen LogP contribution is 2.35. The average Bonchev–Trinajstić information content (AvgIpc) is 2.75. The Labute approximate surface area is 109 Å². The van der Waals surface area contributed by atoms with Crippen LogP contribution in [0.15, 0.2) is 34.8 Å². The van der Waals surface area contributed by atoms with E-state index in [1.807, 2.05) is 23.6 Å². The molecule has 92 valence electrons. The molecule has 1 aromatic carbocycles. The van der Waals surface area contributed by atoms with Crippen molar-refractivity contribution in [1.82, 2.24) is 4.98 Å². The molecule has 0 radical (unpaired) electrons. The number of hydrogen-bond donors (Lipinski definition) is 1. The monoisotopic (exact) mass is 259 g/mol. The number of aliphatic imine (C=N–C) groups is 1. The molecule has 0 saturated carbocycles. The smallest absolute Gasteiger partial charge is 0.221 e. The number of thiazole rings is 1. The van der Waals surface area contributed by atoms with E-state index in [4.69, 9.17) is 0 Å². The number of carbonyl (C=O) groups excluding carboxylic acids is 1. The van der Waals surface area contributed by atoms with Gasteiger partial charge in [0.2, 0.25) is 5.91 Å². The predicted molar refractivity (Wildman–Crippen MR) is 74.9 cm³/mol. The summed E-state index contributed by atoms with van der Waals surface area (Å²) in [5.74, 6) is -0.0722. The fraction of sp³-hybridized carbons (Fsp3) is 0.154. The molecule has 0 bridgehead atoms. The number of amides is 1. The molecule has 1 N–H and O–H groups in total. The van der Waals surface area contributed by atoms with Gasteiger partial charge in [0.05, 0.1) is 5.69 Å². The second kappa shape index (κ2) is 4.70. The summed E-state index contributed by atoms with van der Waals surface area (Å²) in [5.41, 5.74) is 3.69. The number of anilines is 1. The van der Waals surface area contributed by atoms with Gasteiger partial charge in [-0.15, -0.1) is 11.3 Å². The van der Waals surface area contributed by atoms with Crippen molar-refractivity contribution in [2.45, 2.75) is 14.4 Å². The molecule has 2 heterocycles. The van der Waals surface area contributed by atoms with Crippen molar-refractivity contribution in [3.8, 4) is 0 Å². The maximum Gasteiger partial charge on any atom is 0.221 e. The number of nitrogens with one attached hydrogen (secondary N) is 1. The van der Waals surface area contributed by atoms with E-state index in [2.05, 4.69) is 15.3 Å². The van der Waals surface area contributed by atoms with Crippen LogP contribution in [0.5, 0.6) is 0 Å². The van der Waals surface area contributed by atoms with E-state index >= 15 is 0 Å². The van der Waals surface area contributed by atoms with Crippen LogP contribution in [0.1, 0.15) is 24.9 Å². The molecule has 3 rings (SSSR count). The van der Waals surface area contributed by atoms with Gasteiger partial charge in [-0.25, -0.2) is 9.98 Å². The summed E-state index contributed by atoms with van der Waals surface area (Å²) in [4.78, 5) is 19.6. The van der Waals surface area contributed by atoms with Crippen LogP contribution >= 0.6 is 11.3 Å². The lowest BCUT2D eigenvalue weighted by atomic mass is 10.0. The lowest BCUT2D eigenvalue weighted by Crippen LogP contribution is -2.12. The molecule has 0 fully saturated rings. The molecular formula is C13H13N3OS. The van der Waals surface area contributed by atoms with Crippen LogP contribution in [0.3, 0.4) is 0 Å². The van der Waals surface area contributed by atoms with Gasteiger partial charge in [0.15, 0.2) is 0 Å². The third-order valence-electron chi connectivity index (χ3n) is 2.44. The van der Waals surface area contributed by atoms with Crippen molar-refractivity contribution in [1.29, 1.82) is 0 Å². The van der Waals surface area contributed by atoms with E-state index in [1.54, 1.807) is 17.5 Å². The van der Waals surface area contributed by atoms with E-state index in [0.29, 0.717) is 0 Å². The lowest BCUT2D eigenvalue weighted by molar-refractivity contribution is -0.114. The summed E-state index contributed by atoms with van der Waals surface area (Å²) in [6, 6.07) is 5.68. The first-order valence-electron chi connectivity index (χ1n) is 5.14. The molecule has 1 aliphatic heterocycles. The summed E-state index contributed by atoms with van der Waals surface area (Å²) >= 11 is 1.56. The van der Waals surface area contributed by atoms with Crippen LogP contribution in [-0.2, 0) is 4.79 Å².